The van der Waals surface area contributed by atoms with Crippen molar-refractivity contribution in [2.75, 3.05) is 10.0 Å². The second-order valence-electron chi connectivity index (χ2n) is 7.18. The van der Waals surface area contributed by atoms with Crippen LogP contribution in [-0.4, -0.2) is 34.3 Å². The highest BCUT2D eigenvalue weighted by Crippen LogP contribution is 2.19. The number of hydrogen-bond acceptors (Lipinski definition) is 7. The molecule has 0 atom stereocenters. The molecule has 0 unspecified atom stereocenters. The molecule has 0 spiro atoms. The molecule has 0 fully saturated rings. The van der Waals surface area contributed by atoms with Crippen LogP contribution in [0.1, 0.15) is 35.6 Å². The van der Waals surface area contributed by atoms with Gasteiger partial charge in [-0.3, -0.25) is 4.79 Å². The molecular formula is C23H22N6O3S. The fourth-order valence-electron chi connectivity index (χ4n) is 3.29. The Labute approximate surface area is 191 Å². The summed E-state index contributed by atoms with van der Waals surface area (Å²) in [6.45, 7) is 4.07. The summed E-state index contributed by atoms with van der Waals surface area (Å²) in [4.78, 5) is 29.8. The number of rotatable bonds is 7. The molecule has 2 heterocycles. The van der Waals surface area contributed by atoms with Gasteiger partial charge in [-0.15, -0.1) is 0 Å². The van der Waals surface area contributed by atoms with Crippen LogP contribution in [0.15, 0.2) is 65.8 Å². The molecule has 9 nitrogen and oxygen atoms in total. The fraction of sp³-hybridized carbons (Fsp3) is 0.174. The van der Waals surface area contributed by atoms with E-state index in [2.05, 4.69) is 30.0 Å². The first-order valence-corrected chi connectivity index (χ1v) is 11.9. The predicted molar refractivity (Wildman–Crippen MR) is 126 cm³/mol. The summed E-state index contributed by atoms with van der Waals surface area (Å²) in [5.74, 6) is -0.352. The van der Waals surface area contributed by atoms with Gasteiger partial charge in [-0.2, -0.15) is 0 Å². The number of amides is 1. The Morgan fingerprint density at radius 1 is 0.879 bits per heavy atom. The Hall–Kier alpha value is -3.92. The first-order valence-electron chi connectivity index (χ1n) is 10.4. The third-order valence-corrected chi connectivity index (χ3v) is 6.31. The van der Waals surface area contributed by atoms with Gasteiger partial charge in [0.2, 0.25) is 5.95 Å². The molecule has 0 radical (unpaired) electrons. The van der Waals surface area contributed by atoms with Gasteiger partial charge in [0, 0.05) is 23.6 Å². The van der Waals surface area contributed by atoms with Gasteiger partial charge >= 0.3 is 0 Å². The largest absolute Gasteiger partial charge is 0.322 e. The van der Waals surface area contributed by atoms with Crippen LogP contribution in [0.4, 0.5) is 11.6 Å². The average Bonchev–Trinajstić information content (AvgIpc) is 2.83. The van der Waals surface area contributed by atoms with Crippen LogP contribution in [0.5, 0.6) is 0 Å². The Bertz CT molecular complexity index is 1410. The lowest BCUT2D eigenvalue weighted by Gasteiger charge is -2.10. The summed E-state index contributed by atoms with van der Waals surface area (Å²) in [6, 6.07) is 12.6. The number of benzene rings is 2. The molecular weight excluding hydrogens is 440 g/mol. The number of anilines is 2. The van der Waals surface area contributed by atoms with E-state index in [-0.39, 0.29) is 16.8 Å². The third-order valence-electron chi connectivity index (χ3n) is 4.97. The van der Waals surface area contributed by atoms with Crippen LogP contribution >= 0.6 is 0 Å². The van der Waals surface area contributed by atoms with E-state index in [4.69, 9.17) is 0 Å². The monoisotopic (exact) mass is 462 g/mol. The SMILES string of the molecule is CCc1nc2ccc(C(=O)Nc3ccc(S(=O)(=O)Nc4ncccn4)cc3)cc2nc1CC. The van der Waals surface area contributed by atoms with Crippen molar-refractivity contribution >= 4 is 38.6 Å². The summed E-state index contributed by atoms with van der Waals surface area (Å²) in [7, 11) is -3.85. The van der Waals surface area contributed by atoms with Crippen molar-refractivity contribution in [2.24, 2.45) is 0 Å². The van der Waals surface area contributed by atoms with Crippen molar-refractivity contribution in [3.8, 4) is 0 Å². The van der Waals surface area contributed by atoms with E-state index in [1.807, 2.05) is 13.8 Å². The van der Waals surface area contributed by atoms with E-state index in [1.54, 1.807) is 24.3 Å². The number of carbonyl (C=O) groups excluding carboxylic acids is 1. The highest BCUT2D eigenvalue weighted by atomic mass is 32.2. The Morgan fingerprint density at radius 2 is 1.52 bits per heavy atom. The maximum atomic E-state index is 12.8. The quantitative estimate of drug-likeness (QED) is 0.430. The molecule has 0 saturated heterocycles. The van der Waals surface area contributed by atoms with E-state index in [0.29, 0.717) is 16.8 Å². The number of nitrogens with zero attached hydrogens (tertiary/aromatic N) is 4. The van der Waals surface area contributed by atoms with Gasteiger partial charge in [0.15, 0.2) is 0 Å². The molecule has 0 aliphatic heterocycles. The number of aromatic nitrogens is 4. The molecule has 2 N–H and O–H groups in total. The first-order chi connectivity index (χ1) is 15.9. The van der Waals surface area contributed by atoms with E-state index in [0.717, 1.165) is 29.7 Å². The predicted octanol–water partition coefficient (Wildman–Crippen LogP) is 3.60. The molecule has 2 aromatic carbocycles. The molecule has 0 aliphatic rings. The van der Waals surface area contributed by atoms with Crippen LogP contribution in [-0.2, 0) is 22.9 Å². The standard InChI is InChI=1S/C23H22N6O3S/c1-3-18-19(4-2)28-21-14-15(6-11-20(21)27-18)22(30)26-16-7-9-17(10-8-16)33(31,32)29-23-24-12-5-13-25-23/h5-14H,3-4H2,1-2H3,(H,26,30)(H,24,25,29). The first kappa shape index (κ1) is 22.3. The smallest absolute Gasteiger partial charge is 0.264 e. The van der Waals surface area contributed by atoms with Crippen molar-refractivity contribution in [2.45, 2.75) is 31.6 Å². The minimum absolute atomic E-state index is 0.0211. The molecule has 33 heavy (non-hydrogen) atoms. The summed E-state index contributed by atoms with van der Waals surface area (Å²) in [5.41, 5.74) is 4.18. The van der Waals surface area contributed by atoms with Crippen LogP contribution in [0.2, 0.25) is 0 Å². The van der Waals surface area contributed by atoms with Gasteiger partial charge in [0.05, 0.1) is 27.3 Å². The number of sulfonamides is 1. The van der Waals surface area contributed by atoms with Gasteiger partial charge in [-0.05, 0) is 61.4 Å². The Morgan fingerprint density at radius 3 is 2.15 bits per heavy atom. The second-order valence-corrected chi connectivity index (χ2v) is 8.87. The number of carbonyl (C=O) groups is 1. The van der Waals surface area contributed by atoms with Crippen molar-refractivity contribution in [1.82, 2.24) is 19.9 Å². The third kappa shape index (κ3) is 4.96. The zero-order chi connectivity index (χ0) is 23.4. The van der Waals surface area contributed by atoms with Crippen LogP contribution in [0.3, 0.4) is 0 Å². The number of hydrogen-bond donors (Lipinski definition) is 2. The Kier molecular flexibility index (Phi) is 6.27. The zero-order valence-electron chi connectivity index (χ0n) is 18.1. The van der Waals surface area contributed by atoms with Gasteiger partial charge < -0.3 is 5.32 Å². The van der Waals surface area contributed by atoms with E-state index < -0.39 is 10.0 Å². The summed E-state index contributed by atoms with van der Waals surface area (Å²) >= 11 is 0. The van der Waals surface area contributed by atoms with Crippen molar-refractivity contribution in [1.29, 1.82) is 0 Å². The van der Waals surface area contributed by atoms with Gasteiger partial charge in [0.1, 0.15) is 0 Å². The molecule has 0 aliphatic carbocycles. The zero-order valence-corrected chi connectivity index (χ0v) is 18.9. The molecule has 10 heteroatoms. The van der Waals surface area contributed by atoms with E-state index in [1.165, 1.54) is 36.7 Å². The number of fused-ring (bicyclic) bond motifs is 1. The molecule has 0 bridgehead atoms. The number of nitrogens with one attached hydrogen (secondary N) is 2. The second kappa shape index (κ2) is 9.29. The normalized spacial score (nSPS) is 11.3. The van der Waals surface area contributed by atoms with Gasteiger partial charge in [-0.1, -0.05) is 13.8 Å². The molecule has 0 saturated carbocycles. The summed E-state index contributed by atoms with van der Waals surface area (Å²) < 4.78 is 27.3. The summed E-state index contributed by atoms with van der Waals surface area (Å²) in [6.07, 6.45) is 4.44. The topological polar surface area (TPSA) is 127 Å². The highest BCUT2D eigenvalue weighted by Gasteiger charge is 2.16. The van der Waals surface area contributed by atoms with Gasteiger partial charge in [0.25, 0.3) is 15.9 Å². The Balaban J connectivity index is 1.51. The molecule has 1 amide bonds. The molecule has 4 rings (SSSR count). The fourth-order valence-corrected chi connectivity index (χ4v) is 4.24. The number of aryl methyl sites for hydroxylation is 2. The van der Waals surface area contributed by atoms with Crippen LogP contribution in [0, 0.1) is 0 Å². The lowest BCUT2D eigenvalue weighted by atomic mass is 10.1. The maximum absolute atomic E-state index is 12.8. The van der Waals surface area contributed by atoms with Crippen LogP contribution in [0.25, 0.3) is 11.0 Å². The molecule has 4 aromatic rings. The minimum atomic E-state index is -3.85. The summed E-state index contributed by atoms with van der Waals surface area (Å²) in [5, 5.41) is 2.78. The van der Waals surface area contributed by atoms with Crippen molar-refractivity contribution in [3.05, 3.63) is 77.9 Å². The van der Waals surface area contributed by atoms with E-state index in [9.17, 15) is 13.2 Å². The maximum Gasteiger partial charge on any atom is 0.264 e. The van der Waals surface area contributed by atoms with Gasteiger partial charge in [-0.25, -0.2) is 33.1 Å². The highest BCUT2D eigenvalue weighted by molar-refractivity contribution is 7.92. The van der Waals surface area contributed by atoms with Crippen LogP contribution < -0.4 is 10.0 Å². The molecule has 168 valence electrons. The lowest BCUT2D eigenvalue weighted by Crippen LogP contribution is -2.15. The molecule has 2 aromatic heterocycles. The lowest BCUT2D eigenvalue weighted by molar-refractivity contribution is 0.102. The van der Waals surface area contributed by atoms with Crippen molar-refractivity contribution in [3.63, 3.8) is 0 Å². The van der Waals surface area contributed by atoms with E-state index >= 15 is 0 Å². The average molecular weight is 463 g/mol. The van der Waals surface area contributed by atoms with Crippen molar-refractivity contribution < 1.29 is 13.2 Å². The minimum Gasteiger partial charge on any atom is -0.322 e.